The summed E-state index contributed by atoms with van der Waals surface area (Å²) in [4.78, 5) is 0. The standard InChI is InChI=1S/C24H21N2/c1-16-8-10-18(11-9-16)22-24-21(14-15-25(22)2)20-13-12-17-6-4-5-7-19(17)23(20)26(24)3/h4-15H,1-3H3/q+1. The van der Waals surface area contributed by atoms with Crippen molar-refractivity contribution in [1.29, 1.82) is 0 Å². The fourth-order valence-corrected chi connectivity index (χ4v) is 4.19. The van der Waals surface area contributed by atoms with Crippen molar-refractivity contribution in [3.8, 4) is 11.3 Å². The van der Waals surface area contributed by atoms with Gasteiger partial charge in [0.05, 0.1) is 5.52 Å². The van der Waals surface area contributed by atoms with Crippen LogP contribution in [0.15, 0.2) is 72.9 Å². The van der Waals surface area contributed by atoms with Crippen molar-refractivity contribution < 1.29 is 4.57 Å². The average Bonchev–Trinajstić information content (AvgIpc) is 2.95. The summed E-state index contributed by atoms with van der Waals surface area (Å²) in [5.74, 6) is 0. The minimum Gasteiger partial charge on any atom is -0.338 e. The second-order valence-electron chi connectivity index (χ2n) is 7.15. The number of pyridine rings is 1. The molecule has 2 aromatic heterocycles. The van der Waals surface area contributed by atoms with Gasteiger partial charge in [0.25, 0.3) is 0 Å². The van der Waals surface area contributed by atoms with Gasteiger partial charge in [-0.3, -0.25) is 0 Å². The van der Waals surface area contributed by atoms with E-state index in [-0.39, 0.29) is 0 Å². The molecule has 0 bridgehead atoms. The molecular weight excluding hydrogens is 316 g/mol. The van der Waals surface area contributed by atoms with Crippen molar-refractivity contribution >= 4 is 32.6 Å². The van der Waals surface area contributed by atoms with Gasteiger partial charge in [-0.2, -0.15) is 4.57 Å². The maximum Gasteiger partial charge on any atom is 0.236 e. The highest BCUT2D eigenvalue weighted by Gasteiger charge is 2.21. The van der Waals surface area contributed by atoms with Crippen LogP contribution in [0.25, 0.3) is 43.8 Å². The van der Waals surface area contributed by atoms with Gasteiger partial charge < -0.3 is 4.57 Å². The molecule has 0 spiro atoms. The van der Waals surface area contributed by atoms with Gasteiger partial charge in [-0.1, -0.05) is 54.1 Å². The summed E-state index contributed by atoms with van der Waals surface area (Å²) in [5.41, 5.74) is 6.37. The topological polar surface area (TPSA) is 8.81 Å². The Bertz CT molecular complexity index is 1290. The van der Waals surface area contributed by atoms with E-state index >= 15 is 0 Å². The Morgan fingerprint density at radius 2 is 1.46 bits per heavy atom. The van der Waals surface area contributed by atoms with E-state index in [1.54, 1.807) is 0 Å². The van der Waals surface area contributed by atoms with Crippen LogP contribution in [0.2, 0.25) is 0 Å². The van der Waals surface area contributed by atoms with Gasteiger partial charge in [0.2, 0.25) is 5.69 Å². The molecule has 0 saturated carbocycles. The average molecular weight is 337 g/mol. The highest BCUT2D eigenvalue weighted by Crippen LogP contribution is 2.36. The molecule has 26 heavy (non-hydrogen) atoms. The molecule has 5 aromatic rings. The molecule has 0 aliphatic heterocycles. The van der Waals surface area contributed by atoms with Crippen molar-refractivity contribution in [2.45, 2.75) is 6.92 Å². The van der Waals surface area contributed by atoms with Crippen LogP contribution in [0.3, 0.4) is 0 Å². The molecule has 5 rings (SSSR count). The summed E-state index contributed by atoms with van der Waals surface area (Å²) in [6.45, 7) is 2.13. The van der Waals surface area contributed by atoms with Crippen LogP contribution in [0.4, 0.5) is 0 Å². The van der Waals surface area contributed by atoms with Crippen LogP contribution in [-0.4, -0.2) is 4.57 Å². The minimum absolute atomic E-state index is 1.25. The SMILES string of the molecule is Cc1ccc(-c2c3c(cc[n+]2C)c2ccc4ccccc4c2n3C)cc1. The highest BCUT2D eigenvalue weighted by atomic mass is 15.0. The zero-order valence-corrected chi connectivity index (χ0v) is 15.3. The van der Waals surface area contributed by atoms with E-state index in [0.717, 1.165) is 0 Å². The molecule has 3 aromatic carbocycles. The Balaban J connectivity index is 1.99. The first-order chi connectivity index (χ1) is 12.6. The maximum atomic E-state index is 2.36. The van der Waals surface area contributed by atoms with Crippen LogP contribution in [-0.2, 0) is 14.1 Å². The fraction of sp³-hybridized carbons (Fsp3) is 0.125. The first-order valence-corrected chi connectivity index (χ1v) is 9.00. The summed E-state index contributed by atoms with van der Waals surface area (Å²) in [7, 11) is 4.32. The largest absolute Gasteiger partial charge is 0.338 e. The molecule has 0 atom stereocenters. The van der Waals surface area contributed by atoms with Gasteiger partial charge in [0.1, 0.15) is 12.6 Å². The van der Waals surface area contributed by atoms with Gasteiger partial charge in [-0.05, 0) is 24.4 Å². The fourth-order valence-electron chi connectivity index (χ4n) is 4.19. The van der Waals surface area contributed by atoms with Crippen LogP contribution in [0.1, 0.15) is 5.56 Å². The quantitative estimate of drug-likeness (QED) is 0.368. The summed E-state index contributed by atoms with van der Waals surface area (Å²) in [5, 5.41) is 5.21. The third-order valence-corrected chi connectivity index (χ3v) is 5.48. The van der Waals surface area contributed by atoms with Gasteiger partial charge >= 0.3 is 0 Å². The normalized spacial score (nSPS) is 11.7. The van der Waals surface area contributed by atoms with Gasteiger partial charge in [-0.25, -0.2) is 0 Å². The number of nitrogens with zero attached hydrogens (tertiary/aromatic N) is 2. The Labute approximate surface area is 152 Å². The number of rotatable bonds is 1. The molecule has 126 valence electrons. The van der Waals surface area contributed by atoms with E-state index in [2.05, 4.69) is 103 Å². The van der Waals surface area contributed by atoms with Crippen molar-refractivity contribution in [3.63, 3.8) is 0 Å². The lowest BCUT2D eigenvalue weighted by Gasteiger charge is -2.06. The number of fused-ring (bicyclic) bond motifs is 5. The molecule has 0 fully saturated rings. The van der Waals surface area contributed by atoms with Gasteiger partial charge in [-0.15, -0.1) is 0 Å². The molecule has 2 nitrogen and oxygen atoms in total. The molecule has 0 aliphatic carbocycles. The number of aryl methyl sites for hydroxylation is 3. The number of aromatic nitrogens is 2. The molecule has 0 unspecified atom stereocenters. The molecule has 0 amide bonds. The second kappa shape index (κ2) is 5.43. The zero-order chi connectivity index (χ0) is 17.8. The lowest BCUT2D eigenvalue weighted by atomic mass is 10.0. The first kappa shape index (κ1) is 15.2. The third kappa shape index (κ3) is 2.02. The predicted molar refractivity (Wildman–Crippen MR) is 109 cm³/mol. The Hall–Kier alpha value is -3.13. The van der Waals surface area contributed by atoms with Crippen molar-refractivity contribution in [3.05, 3.63) is 78.5 Å². The van der Waals surface area contributed by atoms with E-state index in [9.17, 15) is 0 Å². The number of hydrogen-bond acceptors (Lipinski definition) is 0. The summed E-state index contributed by atoms with van der Waals surface area (Å²) < 4.78 is 4.59. The van der Waals surface area contributed by atoms with E-state index in [1.807, 2.05) is 0 Å². The summed E-state index contributed by atoms with van der Waals surface area (Å²) in [6, 6.07) is 24.2. The Kier molecular flexibility index (Phi) is 3.17. The smallest absolute Gasteiger partial charge is 0.236 e. The molecular formula is C24H21N2+. The number of hydrogen-bond donors (Lipinski definition) is 0. The minimum atomic E-state index is 1.25. The van der Waals surface area contributed by atoms with E-state index in [1.165, 1.54) is 49.4 Å². The predicted octanol–water partition coefficient (Wildman–Crippen LogP) is 5.28. The van der Waals surface area contributed by atoms with Crippen molar-refractivity contribution in [2.75, 3.05) is 0 Å². The Morgan fingerprint density at radius 1 is 0.731 bits per heavy atom. The van der Waals surface area contributed by atoms with E-state index in [0.29, 0.717) is 0 Å². The molecule has 0 radical (unpaired) electrons. The van der Waals surface area contributed by atoms with Crippen LogP contribution < -0.4 is 4.57 Å². The maximum absolute atomic E-state index is 2.36. The number of benzene rings is 3. The first-order valence-electron chi connectivity index (χ1n) is 9.00. The second-order valence-corrected chi connectivity index (χ2v) is 7.15. The summed E-state index contributed by atoms with van der Waals surface area (Å²) >= 11 is 0. The van der Waals surface area contributed by atoms with Crippen LogP contribution in [0, 0.1) is 6.92 Å². The molecule has 0 N–H and O–H groups in total. The van der Waals surface area contributed by atoms with Crippen LogP contribution >= 0.6 is 0 Å². The monoisotopic (exact) mass is 337 g/mol. The Morgan fingerprint density at radius 3 is 2.27 bits per heavy atom. The molecule has 2 heteroatoms. The molecule has 0 aliphatic rings. The van der Waals surface area contributed by atoms with Crippen molar-refractivity contribution in [1.82, 2.24) is 4.57 Å². The van der Waals surface area contributed by atoms with Crippen molar-refractivity contribution in [2.24, 2.45) is 14.1 Å². The van der Waals surface area contributed by atoms with Gasteiger partial charge in [0.15, 0.2) is 6.20 Å². The lowest BCUT2D eigenvalue weighted by Crippen LogP contribution is -2.30. The van der Waals surface area contributed by atoms with Gasteiger partial charge in [0, 0.05) is 34.8 Å². The third-order valence-electron chi connectivity index (χ3n) is 5.48. The van der Waals surface area contributed by atoms with Crippen LogP contribution in [0.5, 0.6) is 0 Å². The lowest BCUT2D eigenvalue weighted by molar-refractivity contribution is -0.659. The van der Waals surface area contributed by atoms with E-state index < -0.39 is 0 Å². The highest BCUT2D eigenvalue weighted by molar-refractivity contribution is 6.19. The summed E-state index contributed by atoms with van der Waals surface area (Å²) in [6.07, 6.45) is 2.17. The zero-order valence-electron chi connectivity index (χ0n) is 15.3. The molecule has 2 heterocycles. The van der Waals surface area contributed by atoms with E-state index in [4.69, 9.17) is 0 Å². The molecule has 0 saturated heterocycles.